The van der Waals surface area contributed by atoms with Crippen LogP contribution in [-0.2, 0) is 4.79 Å². The van der Waals surface area contributed by atoms with Gasteiger partial charge in [-0.15, -0.1) is 0 Å². The van der Waals surface area contributed by atoms with Crippen LogP contribution in [0.5, 0.6) is 0 Å². The van der Waals surface area contributed by atoms with E-state index in [4.69, 9.17) is 10.8 Å². The van der Waals surface area contributed by atoms with Gasteiger partial charge in [-0.3, -0.25) is 14.9 Å². The van der Waals surface area contributed by atoms with Crippen molar-refractivity contribution in [1.29, 1.82) is 0 Å². The van der Waals surface area contributed by atoms with Gasteiger partial charge in [0.1, 0.15) is 0 Å². The molecule has 6 nitrogen and oxygen atoms in total. The lowest BCUT2D eigenvalue weighted by Crippen LogP contribution is -2.14. The molecule has 1 atom stereocenters. The Hall–Kier alpha value is -2.02. The van der Waals surface area contributed by atoms with Gasteiger partial charge in [-0.05, 0) is 6.42 Å². The number of carboxylic acids is 1. The zero-order chi connectivity index (χ0) is 13.0. The van der Waals surface area contributed by atoms with Crippen LogP contribution in [0.4, 0.5) is 10.1 Å². The fraction of sp³-hybridized carbons (Fsp3) is 0.300. The van der Waals surface area contributed by atoms with Crippen LogP contribution in [0.3, 0.4) is 0 Å². The maximum Gasteiger partial charge on any atom is 0.305 e. The Bertz CT molecular complexity index is 450. The van der Waals surface area contributed by atoms with E-state index in [2.05, 4.69) is 0 Å². The highest BCUT2D eigenvalue weighted by Gasteiger charge is 2.21. The molecular formula is C10H11FN2O4. The monoisotopic (exact) mass is 242 g/mol. The largest absolute Gasteiger partial charge is 0.481 e. The fourth-order valence-electron chi connectivity index (χ4n) is 1.40. The number of carboxylic acid groups (broad SMARTS) is 1. The summed E-state index contributed by atoms with van der Waals surface area (Å²) in [6.07, 6.45) is -0.198. The molecule has 0 aromatic heterocycles. The van der Waals surface area contributed by atoms with Crippen LogP contribution in [0, 0.1) is 15.9 Å². The normalized spacial score (nSPS) is 12.1. The third kappa shape index (κ3) is 3.22. The predicted molar refractivity (Wildman–Crippen MR) is 56.9 cm³/mol. The van der Waals surface area contributed by atoms with Gasteiger partial charge in [0.15, 0.2) is 0 Å². The van der Waals surface area contributed by atoms with Gasteiger partial charge in [0.05, 0.1) is 4.92 Å². The standard InChI is InChI=1S/C10H11FN2O4/c11-10-6(7(12)4-5-9(14)15)2-1-3-8(10)13(16)17/h1-3,7H,4-5,12H2,(H,14,15). The lowest BCUT2D eigenvalue weighted by molar-refractivity contribution is -0.387. The molecule has 0 aliphatic heterocycles. The smallest absolute Gasteiger partial charge is 0.305 e. The molecule has 0 amide bonds. The molecule has 0 saturated carbocycles. The van der Waals surface area contributed by atoms with Crippen molar-refractivity contribution in [2.75, 3.05) is 0 Å². The predicted octanol–water partition coefficient (Wildman–Crippen LogP) is 1.60. The summed E-state index contributed by atoms with van der Waals surface area (Å²) >= 11 is 0. The van der Waals surface area contributed by atoms with Crippen LogP contribution >= 0.6 is 0 Å². The third-order valence-corrected chi connectivity index (χ3v) is 2.27. The molecule has 92 valence electrons. The highest BCUT2D eigenvalue weighted by molar-refractivity contribution is 5.66. The molecule has 1 aromatic rings. The van der Waals surface area contributed by atoms with E-state index in [1.807, 2.05) is 0 Å². The maximum atomic E-state index is 13.6. The van der Waals surface area contributed by atoms with Crippen LogP contribution in [0.15, 0.2) is 18.2 Å². The number of nitro benzene ring substituents is 1. The number of benzene rings is 1. The first-order valence-electron chi connectivity index (χ1n) is 4.83. The second-order valence-corrected chi connectivity index (χ2v) is 3.48. The molecule has 0 spiro atoms. The zero-order valence-electron chi connectivity index (χ0n) is 8.80. The summed E-state index contributed by atoms with van der Waals surface area (Å²) in [7, 11) is 0. The van der Waals surface area contributed by atoms with Crippen molar-refractivity contribution in [2.45, 2.75) is 18.9 Å². The molecule has 0 bridgehead atoms. The van der Waals surface area contributed by atoms with Gasteiger partial charge >= 0.3 is 11.7 Å². The molecule has 7 heteroatoms. The number of hydrogen-bond donors (Lipinski definition) is 2. The maximum absolute atomic E-state index is 13.6. The Morgan fingerprint density at radius 3 is 2.76 bits per heavy atom. The number of nitrogens with two attached hydrogens (primary N) is 1. The van der Waals surface area contributed by atoms with Gasteiger partial charge in [-0.1, -0.05) is 12.1 Å². The molecule has 0 fully saturated rings. The van der Waals surface area contributed by atoms with E-state index in [0.29, 0.717) is 0 Å². The van der Waals surface area contributed by atoms with Crippen molar-refractivity contribution < 1.29 is 19.2 Å². The minimum atomic E-state index is -1.05. The Labute approximate surface area is 96.0 Å². The number of halogens is 1. The third-order valence-electron chi connectivity index (χ3n) is 2.27. The minimum absolute atomic E-state index is 0.0213. The number of nitrogens with zero attached hydrogens (tertiary/aromatic N) is 1. The first kappa shape index (κ1) is 13.0. The summed E-state index contributed by atoms with van der Waals surface area (Å²) in [4.78, 5) is 20.0. The van der Waals surface area contributed by atoms with E-state index in [0.717, 1.165) is 6.07 Å². The summed E-state index contributed by atoms with van der Waals surface area (Å²) in [6, 6.07) is 2.79. The van der Waals surface area contributed by atoms with Crippen molar-refractivity contribution in [2.24, 2.45) is 5.73 Å². The summed E-state index contributed by atoms with van der Waals surface area (Å²) in [5, 5.41) is 19.0. The number of rotatable bonds is 5. The number of aliphatic carboxylic acids is 1. The Balaban J connectivity index is 2.94. The molecule has 0 aliphatic rings. The van der Waals surface area contributed by atoms with Gasteiger partial charge in [0.2, 0.25) is 5.82 Å². The van der Waals surface area contributed by atoms with Crippen LogP contribution in [-0.4, -0.2) is 16.0 Å². The summed E-state index contributed by atoms with van der Waals surface area (Å²) in [6.45, 7) is 0. The van der Waals surface area contributed by atoms with E-state index < -0.39 is 28.4 Å². The average molecular weight is 242 g/mol. The van der Waals surface area contributed by atoms with Crippen molar-refractivity contribution in [3.05, 3.63) is 39.7 Å². The molecule has 1 rings (SSSR count). The van der Waals surface area contributed by atoms with Crippen LogP contribution in [0.2, 0.25) is 0 Å². The Morgan fingerprint density at radius 2 is 2.24 bits per heavy atom. The lowest BCUT2D eigenvalue weighted by atomic mass is 10.0. The molecule has 0 saturated heterocycles. The molecular weight excluding hydrogens is 231 g/mol. The minimum Gasteiger partial charge on any atom is -0.481 e. The molecule has 1 unspecified atom stereocenters. The number of carbonyl (C=O) groups is 1. The van der Waals surface area contributed by atoms with E-state index in [1.54, 1.807) is 0 Å². The molecule has 0 heterocycles. The van der Waals surface area contributed by atoms with Gasteiger partial charge < -0.3 is 10.8 Å². The quantitative estimate of drug-likeness (QED) is 0.602. The van der Waals surface area contributed by atoms with Crippen molar-refractivity contribution in [3.63, 3.8) is 0 Å². The van der Waals surface area contributed by atoms with E-state index in [1.165, 1.54) is 12.1 Å². The second kappa shape index (κ2) is 5.35. The topological polar surface area (TPSA) is 106 Å². The van der Waals surface area contributed by atoms with Crippen LogP contribution in [0.1, 0.15) is 24.4 Å². The summed E-state index contributed by atoms with van der Waals surface area (Å²) in [5.74, 6) is -2.05. The van der Waals surface area contributed by atoms with Gasteiger partial charge in [-0.25, -0.2) is 0 Å². The fourth-order valence-corrected chi connectivity index (χ4v) is 1.40. The highest BCUT2D eigenvalue weighted by Crippen LogP contribution is 2.25. The number of hydrogen-bond acceptors (Lipinski definition) is 4. The zero-order valence-corrected chi connectivity index (χ0v) is 8.80. The van der Waals surface area contributed by atoms with E-state index in [-0.39, 0.29) is 18.4 Å². The number of nitro groups is 1. The average Bonchev–Trinajstić information content (AvgIpc) is 2.25. The second-order valence-electron chi connectivity index (χ2n) is 3.48. The van der Waals surface area contributed by atoms with Crippen molar-refractivity contribution in [1.82, 2.24) is 0 Å². The summed E-state index contributed by atoms with van der Waals surface area (Å²) < 4.78 is 13.6. The van der Waals surface area contributed by atoms with Crippen LogP contribution < -0.4 is 5.73 Å². The molecule has 0 aliphatic carbocycles. The van der Waals surface area contributed by atoms with E-state index >= 15 is 0 Å². The molecule has 17 heavy (non-hydrogen) atoms. The molecule has 1 aromatic carbocycles. The molecule has 3 N–H and O–H groups in total. The first-order chi connectivity index (χ1) is 7.93. The van der Waals surface area contributed by atoms with Crippen molar-refractivity contribution >= 4 is 11.7 Å². The Morgan fingerprint density at radius 1 is 1.59 bits per heavy atom. The van der Waals surface area contributed by atoms with E-state index in [9.17, 15) is 19.3 Å². The Kier molecular flexibility index (Phi) is 4.11. The van der Waals surface area contributed by atoms with Gasteiger partial charge in [0.25, 0.3) is 0 Å². The van der Waals surface area contributed by atoms with Gasteiger partial charge in [0, 0.05) is 24.1 Å². The summed E-state index contributed by atoms with van der Waals surface area (Å²) in [5.41, 5.74) is 4.89. The SMILES string of the molecule is NC(CCC(=O)O)c1cccc([N+](=O)[O-])c1F. The van der Waals surface area contributed by atoms with Crippen LogP contribution in [0.25, 0.3) is 0 Å². The molecule has 0 radical (unpaired) electrons. The van der Waals surface area contributed by atoms with Crippen molar-refractivity contribution in [3.8, 4) is 0 Å². The van der Waals surface area contributed by atoms with Gasteiger partial charge in [-0.2, -0.15) is 4.39 Å². The lowest BCUT2D eigenvalue weighted by Gasteiger charge is -2.11. The highest BCUT2D eigenvalue weighted by atomic mass is 19.1. The first-order valence-corrected chi connectivity index (χ1v) is 4.83.